The highest BCUT2D eigenvalue weighted by Gasteiger charge is 2.27. The van der Waals surface area contributed by atoms with Crippen molar-refractivity contribution >= 4 is 11.6 Å². The number of hydrogen-bond acceptors (Lipinski definition) is 3. The number of nitrogens with one attached hydrogen (secondary N) is 1. The molecule has 2 rings (SSSR count). The van der Waals surface area contributed by atoms with Crippen molar-refractivity contribution < 1.29 is 14.3 Å². The molecule has 0 unspecified atom stereocenters. The lowest BCUT2D eigenvalue weighted by Crippen LogP contribution is -2.39. The molecule has 2 aromatic rings. The van der Waals surface area contributed by atoms with Crippen molar-refractivity contribution in [1.29, 1.82) is 0 Å². The number of pyridine rings is 1. The van der Waals surface area contributed by atoms with Crippen LogP contribution in [-0.4, -0.2) is 12.5 Å². The van der Waals surface area contributed by atoms with Crippen LogP contribution in [0.25, 0.3) is 0 Å². The van der Waals surface area contributed by atoms with E-state index in [1.54, 1.807) is 6.07 Å². The Morgan fingerprint density at radius 1 is 1.07 bits per heavy atom. The lowest BCUT2D eigenvalue weighted by atomic mass is 10.0. The Balaban J connectivity index is 2.57. The number of hydrogen-bond donors (Lipinski definition) is 1. The summed E-state index contributed by atoms with van der Waals surface area (Å²) in [4.78, 5) is 13.4. The zero-order valence-corrected chi connectivity index (χ0v) is 18.6. The molecule has 5 heteroatoms. The summed E-state index contributed by atoms with van der Waals surface area (Å²) < 4.78 is 6.89. The molecule has 0 atom stereocenters. The minimum absolute atomic E-state index is 0.288. The maximum absolute atomic E-state index is 13.4. The molecular formula is C24H34N2O3. The van der Waals surface area contributed by atoms with Gasteiger partial charge in [0.15, 0.2) is 5.69 Å². The third kappa shape index (κ3) is 5.08. The van der Waals surface area contributed by atoms with Gasteiger partial charge in [-0.05, 0) is 29.9 Å². The predicted octanol–water partition coefficient (Wildman–Crippen LogP) is 4.86. The second-order valence-corrected chi connectivity index (χ2v) is 7.64. The van der Waals surface area contributed by atoms with Crippen LogP contribution in [0.2, 0.25) is 0 Å². The Morgan fingerprint density at radius 3 is 2.17 bits per heavy atom. The zero-order valence-electron chi connectivity index (χ0n) is 18.6. The van der Waals surface area contributed by atoms with Crippen LogP contribution in [0.15, 0.2) is 24.3 Å². The average Bonchev–Trinajstić information content (AvgIpc) is 2.72. The first-order valence-electron chi connectivity index (χ1n) is 10.7. The predicted molar refractivity (Wildman–Crippen MR) is 118 cm³/mol. The molecule has 0 aliphatic heterocycles. The van der Waals surface area contributed by atoms with E-state index in [1.165, 1.54) is 0 Å². The molecule has 29 heavy (non-hydrogen) atoms. The van der Waals surface area contributed by atoms with E-state index in [4.69, 9.17) is 4.74 Å². The van der Waals surface area contributed by atoms with Crippen LogP contribution in [0.5, 0.6) is 5.75 Å². The number of aromatic nitrogens is 1. The van der Waals surface area contributed by atoms with Crippen LogP contribution < -0.4 is 14.8 Å². The number of amides is 1. The van der Waals surface area contributed by atoms with E-state index in [-0.39, 0.29) is 5.91 Å². The molecule has 5 nitrogen and oxygen atoms in total. The molecule has 1 heterocycles. The summed E-state index contributed by atoms with van der Waals surface area (Å²) >= 11 is 0. The Kier molecular flexibility index (Phi) is 8.06. The van der Waals surface area contributed by atoms with Crippen LogP contribution in [0.1, 0.15) is 74.4 Å². The first-order valence-corrected chi connectivity index (χ1v) is 10.7. The largest absolute Gasteiger partial charge is 0.618 e. The highest BCUT2D eigenvalue weighted by atomic mass is 16.5. The van der Waals surface area contributed by atoms with Crippen molar-refractivity contribution in [1.82, 2.24) is 0 Å². The van der Waals surface area contributed by atoms with Gasteiger partial charge in [-0.1, -0.05) is 59.7 Å². The van der Waals surface area contributed by atoms with E-state index in [2.05, 4.69) is 33.0 Å². The zero-order chi connectivity index (χ0) is 21.6. The number of ether oxygens (including phenoxy) is 1. The van der Waals surface area contributed by atoms with Gasteiger partial charge in [-0.3, -0.25) is 4.79 Å². The molecule has 1 aromatic heterocycles. The van der Waals surface area contributed by atoms with Gasteiger partial charge in [-0.2, -0.15) is 4.73 Å². The van der Waals surface area contributed by atoms with Crippen molar-refractivity contribution in [3.63, 3.8) is 0 Å². The van der Waals surface area contributed by atoms with Gasteiger partial charge in [0.05, 0.1) is 6.61 Å². The third-order valence-corrected chi connectivity index (χ3v) is 5.07. The van der Waals surface area contributed by atoms with E-state index in [1.807, 2.05) is 32.0 Å². The molecule has 0 aliphatic rings. The topological polar surface area (TPSA) is 65.3 Å². The number of para-hydroxylation sites is 1. The van der Waals surface area contributed by atoms with E-state index in [9.17, 15) is 10.0 Å². The quantitative estimate of drug-likeness (QED) is 0.485. The van der Waals surface area contributed by atoms with Gasteiger partial charge in [0, 0.05) is 24.6 Å². The average molecular weight is 399 g/mol. The van der Waals surface area contributed by atoms with Gasteiger partial charge >= 0.3 is 0 Å². The number of carbonyl (C=O) groups is 1. The van der Waals surface area contributed by atoms with E-state index < -0.39 is 0 Å². The SMILES string of the molecule is CCc1cccc(CC)c1NC(=O)c1c(OCC(C)C)cc(CC)[n+]([O-])c1CC. The normalized spacial score (nSPS) is 11.0. The van der Waals surface area contributed by atoms with Crippen LogP contribution in [0.4, 0.5) is 5.69 Å². The van der Waals surface area contributed by atoms with Gasteiger partial charge in [0.2, 0.25) is 5.69 Å². The maximum Gasteiger partial charge on any atom is 0.265 e. The monoisotopic (exact) mass is 398 g/mol. The molecular weight excluding hydrogens is 364 g/mol. The first-order chi connectivity index (χ1) is 13.9. The lowest BCUT2D eigenvalue weighted by Gasteiger charge is -2.19. The smallest absolute Gasteiger partial charge is 0.265 e. The van der Waals surface area contributed by atoms with Gasteiger partial charge in [0.1, 0.15) is 11.3 Å². The molecule has 1 amide bonds. The number of aryl methyl sites for hydroxylation is 3. The molecule has 0 aliphatic carbocycles. The van der Waals surface area contributed by atoms with Gasteiger partial charge < -0.3 is 15.3 Å². The molecule has 158 valence electrons. The minimum Gasteiger partial charge on any atom is -0.618 e. The summed E-state index contributed by atoms with van der Waals surface area (Å²) in [6, 6.07) is 7.79. The Morgan fingerprint density at radius 2 is 1.69 bits per heavy atom. The summed E-state index contributed by atoms with van der Waals surface area (Å²) in [5.74, 6) is 0.514. The molecule has 0 spiro atoms. The Hall–Kier alpha value is -2.56. The number of rotatable bonds is 9. The molecule has 0 fully saturated rings. The van der Waals surface area contributed by atoms with Crippen molar-refractivity contribution in [2.75, 3.05) is 11.9 Å². The summed E-state index contributed by atoms with van der Waals surface area (Å²) in [7, 11) is 0. The molecule has 0 saturated carbocycles. The molecule has 1 N–H and O–H groups in total. The van der Waals surface area contributed by atoms with Gasteiger partial charge in [-0.25, -0.2) is 0 Å². The second-order valence-electron chi connectivity index (χ2n) is 7.64. The van der Waals surface area contributed by atoms with Crippen LogP contribution >= 0.6 is 0 Å². The fourth-order valence-electron chi connectivity index (χ4n) is 3.46. The molecule has 0 bridgehead atoms. The fraction of sp³-hybridized carbons (Fsp3) is 0.500. The maximum atomic E-state index is 13.4. The van der Waals surface area contributed by atoms with Crippen molar-refractivity contribution in [3.05, 3.63) is 57.6 Å². The number of carbonyl (C=O) groups excluding carboxylic acids is 1. The van der Waals surface area contributed by atoms with E-state index in [0.717, 1.165) is 34.4 Å². The third-order valence-electron chi connectivity index (χ3n) is 5.07. The Bertz CT molecular complexity index is 837. The first kappa shape index (κ1) is 22.7. The summed E-state index contributed by atoms with van der Waals surface area (Å²) in [5, 5.41) is 15.9. The number of benzene rings is 1. The van der Waals surface area contributed by atoms with Gasteiger partial charge in [0.25, 0.3) is 5.91 Å². The minimum atomic E-state index is -0.288. The van der Waals surface area contributed by atoms with Crippen LogP contribution in [0, 0.1) is 11.1 Å². The summed E-state index contributed by atoms with van der Waals surface area (Å²) in [6.45, 7) is 12.6. The van der Waals surface area contributed by atoms with Crippen molar-refractivity contribution in [2.45, 2.75) is 67.2 Å². The van der Waals surface area contributed by atoms with Crippen LogP contribution in [-0.2, 0) is 25.7 Å². The van der Waals surface area contributed by atoms with Crippen molar-refractivity contribution in [2.24, 2.45) is 5.92 Å². The van der Waals surface area contributed by atoms with Crippen molar-refractivity contribution in [3.8, 4) is 5.75 Å². The molecule has 0 saturated heterocycles. The molecule has 1 aromatic carbocycles. The standard InChI is InChI=1S/C24H34N2O3/c1-7-17-12-11-13-18(8-2)23(17)25-24(27)22-20(10-4)26(28)19(9-3)14-21(22)29-15-16(5)6/h11-14,16H,7-10,15H2,1-6H3,(H,25,27). The van der Waals surface area contributed by atoms with E-state index >= 15 is 0 Å². The number of anilines is 1. The lowest BCUT2D eigenvalue weighted by molar-refractivity contribution is -0.622. The highest BCUT2D eigenvalue weighted by molar-refractivity contribution is 6.07. The fourth-order valence-corrected chi connectivity index (χ4v) is 3.46. The summed E-state index contributed by atoms with van der Waals surface area (Å²) in [5.41, 5.74) is 4.42. The molecule has 0 radical (unpaired) electrons. The second kappa shape index (κ2) is 10.3. The van der Waals surface area contributed by atoms with E-state index in [0.29, 0.717) is 48.1 Å². The highest BCUT2D eigenvalue weighted by Crippen LogP contribution is 2.28. The van der Waals surface area contributed by atoms with Gasteiger partial charge in [-0.15, -0.1) is 0 Å². The summed E-state index contributed by atoms with van der Waals surface area (Å²) in [6.07, 6.45) is 2.66. The Labute approximate surface area is 174 Å². The van der Waals surface area contributed by atoms with Crippen LogP contribution in [0.3, 0.4) is 0 Å². The number of nitrogens with zero attached hydrogens (tertiary/aromatic N) is 1.